The summed E-state index contributed by atoms with van der Waals surface area (Å²) >= 11 is 0. The number of hydrogen-bond donors (Lipinski definition) is 1. The van der Waals surface area contributed by atoms with Crippen LogP contribution in [-0.4, -0.2) is 40.7 Å². The SMILES string of the molecule is CN(Cc1nc2ccccc2n1CCCCS(N)(=O)=O)C1CCCc2cccnc21. The summed E-state index contributed by atoms with van der Waals surface area (Å²) in [6.07, 6.45) is 6.51. The van der Waals surface area contributed by atoms with Gasteiger partial charge in [-0.3, -0.25) is 9.88 Å². The monoisotopic (exact) mass is 427 g/mol. The molecule has 0 spiro atoms. The summed E-state index contributed by atoms with van der Waals surface area (Å²) in [4.78, 5) is 11.9. The van der Waals surface area contributed by atoms with Gasteiger partial charge in [-0.15, -0.1) is 0 Å². The van der Waals surface area contributed by atoms with Gasteiger partial charge in [-0.05, 0) is 62.9 Å². The molecule has 0 saturated heterocycles. The highest BCUT2D eigenvalue weighted by molar-refractivity contribution is 7.89. The molecular weight excluding hydrogens is 398 g/mol. The molecule has 1 aromatic carbocycles. The molecule has 0 saturated carbocycles. The molecule has 0 amide bonds. The third-order valence-corrected chi connectivity index (χ3v) is 6.74. The van der Waals surface area contributed by atoms with Gasteiger partial charge in [-0.1, -0.05) is 18.2 Å². The first-order chi connectivity index (χ1) is 14.4. The van der Waals surface area contributed by atoms with Crippen molar-refractivity contribution in [1.29, 1.82) is 0 Å². The van der Waals surface area contributed by atoms with Crippen molar-refractivity contribution in [3.8, 4) is 0 Å². The van der Waals surface area contributed by atoms with E-state index in [1.165, 1.54) is 11.3 Å². The van der Waals surface area contributed by atoms with Crippen LogP contribution < -0.4 is 5.14 Å². The number of sulfonamides is 1. The number of benzene rings is 1. The van der Waals surface area contributed by atoms with Crippen LogP contribution in [0.25, 0.3) is 11.0 Å². The molecule has 4 rings (SSSR count). The van der Waals surface area contributed by atoms with Gasteiger partial charge in [-0.2, -0.15) is 0 Å². The fourth-order valence-corrected chi connectivity index (χ4v) is 5.02. The minimum absolute atomic E-state index is 0.0133. The number of fused-ring (bicyclic) bond motifs is 2. The van der Waals surface area contributed by atoms with E-state index in [2.05, 4.69) is 33.6 Å². The van der Waals surface area contributed by atoms with E-state index in [0.29, 0.717) is 13.0 Å². The molecule has 1 aliphatic rings. The molecule has 1 aliphatic carbocycles. The zero-order valence-electron chi connectivity index (χ0n) is 17.4. The molecule has 0 fully saturated rings. The molecular formula is C22H29N5O2S. The van der Waals surface area contributed by atoms with Gasteiger partial charge in [-0.25, -0.2) is 18.5 Å². The summed E-state index contributed by atoms with van der Waals surface area (Å²) in [6, 6.07) is 12.6. The molecule has 0 radical (unpaired) electrons. The van der Waals surface area contributed by atoms with Gasteiger partial charge in [0, 0.05) is 12.7 Å². The van der Waals surface area contributed by atoms with Crippen molar-refractivity contribution in [2.24, 2.45) is 5.14 Å². The number of primary sulfonamides is 1. The highest BCUT2D eigenvalue weighted by Crippen LogP contribution is 2.33. The number of aromatic nitrogens is 3. The van der Waals surface area contributed by atoms with Gasteiger partial charge < -0.3 is 4.57 Å². The molecule has 2 N–H and O–H groups in total. The maximum absolute atomic E-state index is 11.2. The average Bonchev–Trinajstić information content (AvgIpc) is 3.07. The second-order valence-corrected chi connectivity index (χ2v) is 9.85. The minimum atomic E-state index is -3.42. The number of pyridine rings is 1. The van der Waals surface area contributed by atoms with Crippen molar-refractivity contribution in [1.82, 2.24) is 19.4 Å². The third kappa shape index (κ3) is 4.71. The number of hydrogen-bond acceptors (Lipinski definition) is 5. The lowest BCUT2D eigenvalue weighted by Crippen LogP contribution is -2.29. The summed E-state index contributed by atoms with van der Waals surface area (Å²) < 4.78 is 24.7. The molecule has 1 unspecified atom stereocenters. The Balaban J connectivity index is 1.55. The lowest BCUT2D eigenvalue weighted by Gasteiger charge is -2.32. The van der Waals surface area contributed by atoms with Crippen molar-refractivity contribution >= 4 is 21.1 Å². The van der Waals surface area contributed by atoms with Gasteiger partial charge in [0.1, 0.15) is 5.82 Å². The van der Waals surface area contributed by atoms with Crippen LogP contribution in [0.3, 0.4) is 0 Å². The van der Waals surface area contributed by atoms with E-state index in [4.69, 9.17) is 10.1 Å². The Morgan fingerprint density at radius 1 is 1.20 bits per heavy atom. The number of rotatable bonds is 8. The van der Waals surface area contributed by atoms with Gasteiger partial charge in [0.2, 0.25) is 10.0 Å². The molecule has 7 nitrogen and oxygen atoms in total. The summed E-state index contributed by atoms with van der Waals surface area (Å²) in [5.74, 6) is 1.01. The summed E-state index contributed by atoms with van der Waals surface area (Å²) in [5.41, 5.74) is 4.58. The third-order valence-electron chi connectivity index (χ3n) is 5.88. The first-order valence-electron chi connectivity index (χ1n) is 10.5. The quantitative estimate of drug-likeness (QED) is 0.558. The van der Waals surface area contributed by atoms with Crippen LogP contribution in [0.5, 0.6) is 0 Å². The van der Waals surface area contributed by atoms with E-state index in [9.17, 15) is 8.42 Å². The Bertz CT molecular complexity index is 1130. The van der Waals surface area contributed by atoms with E-state index >= 15 is 0 Å². The fourth-order valence-electron chi connectivity index (χ4n) is 4.42. The van der Waals surface area contributed by atoms with Gasteiger partial charge in [0.15, 0.2) is 0 Å². The Morgan fingerprint density at radius 3 is 2.87 bits per heavy atom. The molecule has 30 heavy (non-hydrogen) atoms. The molecule has 3 aromatic rings. The predicted molar refractivity (Wildman–Crippen MR) is 118 cm³/mol. The Labute approximate surface area is 178 Å². The molecule has 160 valence electrons. The Morgan fingerprint density at radius 2 is 2.03 bits per heavy atom. The van der Waals surface area contributed by atoms with Crippen LogP contribution >= 0.6 is 0 Å². The Hall–Kier alpha value is -2.29. The van der Waals surface area contributed by atoms with Crippen LogP contribution in [0.2, 0.25) is 0 Å². The minimum Gasteiger partial charge on any atom is -0.327 e. The summed E-state index contributed by atoms with van der Waals surface area (Å²) in [5, 5.41) is 5.14. The number of nitrogens with two attached hydrogens (primary N) is 1. The fraction of sp³-hybridized carbons (Fsp3) is 0.455. The van der Waals surface area contributed by atoms with E-state index in [1.807, 2.05) is 30.5 Å². The van der Waals surface area contributed by atoms with E-state index in [1.54, 1.807) is 0 Å². The van der Waals surface area contributed by atoms with Crippen LogP contribution in [-0.2, 0) is 29.5 Å². The zero-order chi connectivity index (χ0) is 21.1. The maximum atomic E-state index is 11.2. The molecule has 2 heterocycles. The topological polar surface area (TPSA) is 94.1 Å². The Kier molecular flexibility index (Phi) is 6.17. The normalized spacial score (nSPS) is 16.8. The van der Waals surface area contributed by atoms with Crippen LogP contribution in [0.4, 0.5) is 0 Å². The molecule has 8 heteroatoms. The van der Waals surface area contributed by atoms with Crippen molar-refractivity contribution in [2.45, 2.75) is 51.2 Å². The largest absolute Gasteiger partial charge is 0.327 e. The van der Waals surface area contributed by atoms with E-state index in [0.717, 1.165) is 49.1 Å². The summed E-state index contributed by atoms with van der Waals surface area (Å²) in [6.45, 7) is 1.43. The zero-order valence-corrected chi connectivity index (χ0v) is 18.2. The number of para-hydroxylation sites is 2. The molecule has 0 bridgehead atoms. The second-order valence-electron chi connectivity index (χ2n) is 8.11. The highest BCUT2D eigenvalue weighted by Gasteiger charge is 2.26. The van der Waals surface area contributed by atoms with Crippen LogP contribution in [0.15, 0.2) is 42.6 Å². The number of unbranched alkanes of at least 4 members (excludes halogenated alkanes) is 1. The van der Waals surface area contributed by atoms with Gasteiger partial charge in [0.25, 0.3) is 0 Å². The van der Waals surface area contributed by atoms with Gasteiger partial charge >= 0.3 is 0 Å². The standard InChI is InChI=1S/C22H29N5O2S/c1-26(20-12-6-8-17-9-7-13-24-22(17)20)16-21-25-18-10-2-3-11-19(18)27(21)14-4-5-15-30(23,28)29/h2-3,7,9-11,13,20H,4-6,8,12,14-16H2,1H3,(H2,23,28,29). The lowest BCUT2D eigenvalue weighted by molar-refractivity contribution is 0.201. The molecule has 1 atom stereocenters. The first-order valence-corrected chi connectivity index (χ1v) is 12.2. The van der Waals surface area contributed by atoms with Crippen molar-refractivity contribution in [3.05, 3.63) is 59.7 Å². The summed E-state index contributed by atoms with van der Waals surface area (Å²) in [7, 11) is -1.28. The van der Waals surface area contributed by atoms with Crippen LogP contribution in [0, 0.1) is 0 Å². The van der Waals surface area contributed by atoms with Crippen molar-refractivity contribution in [3.63, 3.8) is 0 Å². The lowest BCUT2D eigenvalue weighted by atomic mass is 9.91. The van der Waals surface area contributed by atoms with Crippen molar-refractivity contribution in [2.75, 3.05) is 12.8 Å². The predicted octanol–water partition coefficient (Wildman–Crippen LogP) is 3.01. The average molecular weight is 428 g/mol. The van der Waals surface area contributed by atoms with Gasteiger partial charge in [0.05, 0.1) is 35.1 Å². The van der Waals surface area contributed by atoms with E-state index in [-0.39, 0.29) is 11.8 Å². The molecule has 2 aromatic heterocycles. The smallest absolute Gasteiger partial charge is 0.209 e. The van der Waals surface area contributed by atoms with Crippen molar-refractivity contribution < 1.29 is 8.42 Å². The maximum Gasteiger partial charge on any atom is 0.209 e. The highest BCUT2D eigenvalue weighted by atomic mass is 32.2. The molecule has 0 aliphatic heterocycles. The first kappa shape index (κ1) is 21.0. The number of aryl methyl sites for hydroxylation is 2. The number of imidazole rings is 1. The van der Waals surface area contributed by atoms with E-state index < -0.39 is 10.0 Å². The van der Waals surface area contributed by atoms with Crippen LogP contribution in [0.1, 0.15) is 48.8 Å². The second kappa shape index (κ2) is 8.83. The number of nitrogens with zero attached hydrogens (tertiary/aromatic N) is 4.